The molecule has 3 rings (SSSR count). The third-order valence-electron chi connectivity index (χ3n) is 6.75. The molecule has 2 aliphatic rings. The Morgan fingerprint density at radius 1 is 1.00 bits per heavy atom. The van der Waals surface area contributed by atoms with Gasteiger partial charge in [-0.25, -0.2) is 0 Å². The minimum absolute atomic E-state index is 0.0411. The molecule has 0 aromatic heterocycles. The van der Waals surface area contributed by atoms with Gasteiger partial charge >= 0.3 is 0 Å². The Morgan fingerprint density at radius 3 is 2.70 bits per heavy atom. The van der Waals surface area contributed by atoms with Crippen LogP contribution in [0.25, 0.3) is 0 Å². The van der Waals surface area contributed by atoms with Crippen molar-refractivity contribution in [2.75, 3.05) is 13.2 Å². The fourth-order valence-corrected chi connectivity index (χ4v) is 4.99. The van der Waals surface area contributed by atoms with Gasteiger partial charge < -0.3 is 10.4 Å². The summed E-state index contributed by atoms with van der Waals surface area (Å²) in [7, 11) is 0. The van der Waals surface area contributed by atoms with Gasteiger partial charge in [0, 0.05) is 25.1 Å². The lowest BCUT2D eigenvalue weighted by molar-refractivity contribution is -0.116. The smallest absolute Gasteiger partial charge is 0.243 e. The van der Waals surface area contributed by atoms with Crippen molar-refractivity contribution in [1.29, 1.82) is 0 Å². The van der Waals surface area contributed by atoms with E-state index in [1.807, 2.05) is 24.3 Å². The summed E-state index contributed by atoms with van der Waals surface area (Å²) in [5, 5.41) is 11.8. The van der Waals surface area contributed by atoms with Gasteiger partial charge in [0.15, 0.2) is 0 Å². The fraction of sp³-hybridized carbons (Fsp3) is 0.433. The summed E-state index contributed by atoms with van der Waals surface area (Å²) in [5.74, 6) is 2.23. The Morgan fingerprint density at radius 2 is 1.85 bits per heavy atom. The van der Waals surface area contributed by atoms with Gasteiger partial charge in [-0.15, -0.1) is 0 Å². The highest BCUT2D eigenvalue weighted by atomic mass is 16.2. The van der Waals surface area contributed by atoms with Gasteiger partial charge in [0.2, 0.25) is 5.91 Å². The molecule has 0 radical (unpaired) electrons. The topological polar surface area (TPSA) is 49.3 Å². The van der Waals surface area contributed by atoms with Gasteiger partial charge in [-0.3, -0.25) is 4.79 Å². The van der Waals surface area contributed by atoms with Crippen LogP contribution >= 0.6 is 0 Å². The molecule has 1 aromatic carbocycles. The van der Waals surface area contributed by atoms with E-state index in [1.54, 1.807) is 6.08 Å². The highest BCUT2D eigenvalue weighted by Crippen LogP contribution is 2.45. The van der Waals surface area contributed by atoms with Gasteiger partial charge in [0.05, 0.1) is 0 Å². The van der Waals surface area contributed by atoms with E-state index < -0.39 is 0 Å². The molecule has 1 amide bonds. The zero-order valence-electron chi connectivity index (χ0n) is 19.7. The monoisotopic (exact) mass is 445 g/mol. The predicted octanol–water partition coefficient (Wildman–Crippen LogP) is 5.95. The maximum atomic E-state index is 12.1. The highest BCUT2D eigenvalue weighted by Gasteiger charge is 2.36. The quantitative estimate of drug-likeness (QED) is 0.181. The zero-order valence-corrected chi connectivity index (χ0v) is 19.7. The van der Waals surface area contributed by atoms with E-state index in [0.29, 0.717) is 30.2 Å². The third-order valence-corrected chi connectivity index (χ3v) is 6.75. The molecule has 3 nitrogen and oxygen atoms in total. The maximum Gasteiger partial charge on any atom is 0.243 e. The summed E-state index contributed by atoms with van der Waals surface area (Å²) in [4.78, 5) is 12.1. The molecule has 0 saturated heterocycles. The molecule has 0 spiro atoms. The van der Waals surface area contributed by atoms with Crippen molar-refractivity contribution in [2.45, 2.75) is 44.9 Å². The first-order valence-electron chi connectivity index (χ1n) is 12.6. The number of fused-ring (bicyclic) bond motifs is 1. The summed E-state index contributed by atoms with van der Waals surface area (Å²) in [5.41, 5.74) is 1.23. The first kappa shape index (κ1) is 25.0. The lowest BCUT2D eigenvalue weighted by atomic mass is 9.71. The minimum atomic E-state index is -0.0411. The van der Waals surface area contributed by atoms with Gasteiger partial charge in [0.1, 0.15) is 0 Å². The molecule has 0 bridgehead atoms. The minimum Gasteiger partial charge on any atom is -0.396 e. The van der Waals surface area contributed by atoms with Gasteiger partial charge in [0.25, 0.3) is 0 Å². The summed E-state index contributed by atoms with van der Waals surface area (Å²) < 4.78 is 0. The zero-order chi connectivity index (χ0) is 23.1. The molecule has 1 fully saturated rings. The van der Waals surface area contributed by atoms with Gasteiger partial charge in [-0.1, -0.05) is 91.4 Å². The molecule has 176 valence electrons. The summed E-state index contributed by atoms with van der Waals surface area (Å²) in [6.45, 7) is 0.922. The predicted molar refractivity (Wildman–Crippen MR) is 138 cm³/mol. The van der Waals surface area contributed by atoms with Crippen LogP contribution in [0.3, 0.4) is 0 Å². The standard InChI is InChI=1S/C30H39NO2/c32-24-11-4-2-1-3-8-15-26-20-21-27-16-12-18-29(27)28(26)17-9-10-19-30(33)31-23-22-25-13-6-5-7-14-25/h1,3,5-10,13-15,17,19-21,26-29,32H,2,4,11-12,16,18,22-24H2,(H,31,33). The van der Waals surface area contributed by atoms with Crippen LogP contribution in [0, 0.1) is 23.7 Å². The molecule has 2 aliphatic carbocycles. The SMILES string of the molecule is O=C(C=CC=CC1C(C=CC=CCCCCO)C=CC2CCCC21)NCCc1ccccc1. The number of aliphatic hydroxyl groups excluding tert-OH is 1. The van der Waals surface area contributed by atoms with Crippen molar-refractivity contribution in [1.82, 2.24) is 5.32 Å². The van der Waals surface area contributed by atoms with Crippen LogP contribution in [0.4, 0.5) is 0 Å². The van der Waals surface area contributed by atoms with E-state index in [0.717, 1.165) is 25.7 Å². The largest absolute Gasteiger partial charge is 0.396 e. The Hall–Kier alpha value is -2.65. The molecule has 0 aliphatic heterocycles. The molecule has 4 unspecified atom stereocenters. The van der Waals surface area contributed by atoms with Crippen LogP contribution in [-0.4, -0.2) is 24.2 Å². The van der Waals surface area contributed by atoms with Crippen LogP contribution < -0.4 is 5.32 Å². The summed E-state index contributed by atoms with van der Waals surface area (Å²) >= 11 is 0. The number of rotatable bonds is 12. The summed E-state index contributed by atoms with van der Waals surface area (Å²) in [6.07, 6.45) is 29.1. The van der Waals surface area contributed by atoms with Crippen molar-refractivity contribution >= 4 is 5.91 Å². The van der Waals surface area contributed by atoms with E-state index in [4.69, 9.17) is 5.11 Å². The van der Waals surface area contributed by atoms with Crippen molar-refractivity contribution < 1.29 is 9.90 Å². The Kier molecular flexibility index (Phi) is 11.0. The average Bonchev–Trinajstić information content (AvgIpc) is 3.32. The third kappa shape index (κ3) is 8.66. The molecule has 4 atom stereocenters. The van der Waals surface area contributed by atoms with Crippen LogP contribution in [0.15, 0.2) is 91.1 Å². The molecule has 1 saturated carbocycles. The summed E-state index contributed by atoms with van der Waals surface area (Å²) in [6, 6.07) is 10.2. The number of unbranched alkanes of at least 4 members (excludes halogenated alkanes) is 2. The fourth-order valence-electron chi connectivity index (χ4n) is 4.99. The van der Waals surface area contributed by atoms with E-state index in [-0.39, 0.29) is 12.5 Å². The normalized spacial score (nSPS) is 25.0. The number of carbonyl (C=O) groups excluding carboxylic acids is 1. The Bertz CT molecular complexity index is 849. The first-order chi connectivity index (χ1) is 16.3. The van der Waals surface area contributed by atoms with Crippen LogP contribution in [-0.2, 0) is 11.2 Å². The Labute approximate surface area is 199 Å². The lowest BCUT2D eigenvalue weighted by Gasteiger charge is -2.33. The Balaban J connectivity index is 1.49. The number of benzene rings is 1. The van der Waals surface area contributed by atoms with Crippen LogP contribution in [0.5, 0.6) is 0 Å². The number of nitrogens with one attached hydrogen (secondary N) is 1. The second-order valence-corrected chi connectivity index (χ2v) is 9.10. The number of hydrogen-bond donors (Lipinski definition) is 2. The van der Waals surface area contributed by atoms with Gasteiger partial charge in [-0.2, -0.15) is 0 Å². The number of aliphatic hydroxyl groups is 1. The van der Waals surface area contributed by atoms with Gasteiger partial charge in [-0.05, 0) is 61.8 Å². The lowest BCUT2D eigenvalue weighted by Crippen LogP contribution is -2.26. The van der Waals surface area contributed by atoms with Crippen molar-refractivity contribution in [3.05, 3.63) is 96.7 Å². The van der Waals surface area contributed by atoms with Crippen molar-refractivity contribution in [3.8, 4) is 0 Å². The van der Waals surface area contributed by atoms with E-state index in [2.05, 4.69) is 66.1 Å². The van der Waals surface area contributed by atoms with E-state index >= 15 is 0 Å². The number of carbonyl (C=O) groups is 1. The van der Waals surface area contributed by atoms with E-state index in [9.17, 15) is 4.79 Å². The van der Waals surface area contributed by atoms with Crippen LogP contribution in [0.2, 0.25) is 0 Å². The second-order valence-electron chi connectivity index (χ2n) is 9.10. The molecular weight excluding hydrogens is 406 g/mol. The van der Waals surface area contributed by atoms with Crippen LogP contribution in [0.1, 0.15) is 44.1 Å². The molecule has 2 N–H and O–H groups in total. The average molecular weight is 446 g/mol. The second kappa shape index (κ2) is 14.5. The van der Waals surface area contributed by atoms with Crippen molar-refractivity contribution in [3.63, 3.8) is 0 Å². The highest BCUT2D eigenvalue weighted by molar-refractivity contribution is 5.87. The number of amides is 1. The maximum absolute atomic E-state index is 12.1. The molecule has 33 heavy (non-hydrogen) atoms. The molecule has 3 heteroatoms. The number of allylic oxidation sites excluding steroid dienone is 9. The first-order valence-corrected chi connectivity index (χ1v) is 12.6. The van der Waals surface area contributed by atoms with E-state index in [1.165, 1.54) is 24.8 Å². The number of hydrogen-bond acceptors (Lipinski definition) is 2. The van der Waals surface area contributed by atoms with Crippen molar-refractivity contribution in [2.24, 2.45) is 23.7 Å². The molecular formula is C30H39NO2. The molecule has 1 aromatic rings. The molecule has 0 heterocycles.